The largest absolute Gasteiger partial charge is 0.488 e. The molecule has 0 heterocycles. The van der Waals surface area contributed by atoms with Gasteiger partial charge in [0.05, 0.1) is 5.02 Å². The molecule has 0 radical (unpaired) electrons. The summed E-state index contributed by atoms with van der Waals surface area (Å²) in [5, 5.41) is 4.00. The minimum absolute atomic E-state index is 0.421. The highest BCUT2D eigenvalue weighted by Crippen LogP contribution is 2.28. The molecule has 0 amide bonds. The summed E-state index contributed by atoms with van der Waals surface area (Å²) in [4.78, 5) is 0. The summed E-state index contributed by atoms with van der Waals surface area (Å²) in [7, 11) is 0. The Bertz CT molecular complexity index is 391. The number of rotatable bonds is 7. The maximum Gasteiger partial charge on any atom is 0.142 e. The van der Waals surface area contributed by atoms with Gasteiger partial charge in [0.1, 0.15) is 12.4 Å². The third-order valence-electron chi connectivity index (χ3n) is 2.33. The van der Waals surface area contributed by atoms with E-state index in [1.807, 2.05) is 18.2 Å². The zero-order valence-corrected chi connectivity index (χ0v) is 12.3. The summed E-state index contributed by atoms with van der Waals surface area (Å²) in [6.45, 7) is 6.48. The smallest absolute Gasteiger partial charge is 0.142 e. The van der Waals surface area contributed by atoms with Gasteiger partial charge in [-0.1, -0.05) is 49.2 Å². The zero-order valence-electron chi connectivity index (χ0n) is 10.7. The summed E-state index contributed by atoms with van der Waals surface area (Å²) in [5.74, 6) is 1.35. The molecule has 1 N–H and O–H groups in total. The number of benzene rings is 1. The highest BCUT2D eigenvalue weighted by atomic mass is 35.5. The molecular formula is C14H19Cl2NO. The van der Waals surface area contributed by atoms with Crippen LogP contribution in [0.1, 0.15) is 19.4 Å². The standard InChI is InChI=1S/C14H19Cl2NO/c1-11(2)9-17-10-12-5-3-6-13(16)14(12)18-8-4-7-15/h3-7,11,17H,8-10H2,1-2H3/b7-4+. The molecule has 0 fully saturated rings. The van der Waals surface area contributed by atoms with Gasteiger partial charge in [-0.2, -0.15) is 0 Å². The summed E-state index contributed by atoms with van der Waals surface area (Å²) in [6, 6.07) is 5.77. The Kier molecular flexibility index (Phi) is 7.18. The Morgan fingerprint density at radius 1 is 1.39 bits per heavy atom. The van der Waals surface area contributed by atoms with Gasteiger partial charge in [-0.15, -0.1) is 0 Å². The molecule has 0 saturated heterocycles. The van der Waals surface area contributed by atoms with E-state index in [1.54, 1.807) is 6.08 Å². The molecule has 0 aliphatic carbocycles. The zero-order chi connectivity index (χ0) is 13.4. The molecule has 0 spiro atoms. The van der Waals surface area contributed by atoms with Gasteiger partial charge in [0, 0.05) is 17.6 Å². The Balaban J connectivity index is 2.67. The SMILES string of the molecule is CC(C)CNCc1cccc(Cl)c1OC/C=C/Cl. The third kappa shape index (κ3) is 5.30. The third-order valence-corrected chi connectivity index (χ3v) is 2.81. The number of hydrogen-bond donors (Lipinski definition) is 1. The summed E-state index contributed by atoms with van der Waals surface area (Å²) in [5.41, 5.74) is 2.50. The fourth-order valence-electron chi connectivity index (χ4n) is 1.52. The van der Waals surface area contributed by atoms with Crippen molar-refractivity contribution in [2.75, 3.05) is 13.2 Å². The fraction of sp³-hybridized carbons (Fsp3) is 0.429. The minimum atomic E-state index is 0.421. The quantitative estimate of drug-likeness (QED) is 0.811. The predicted octanol–water partition coefficient (Wildman–Crippen LogP) is 4.22. The van der Waals surface area contributed by atoms with E-state index in [9.17, 15) is 0 Å². The van der Waals surface area contributed by atoms with Crippen molar-refractivity contribution in [1.29, 1.82) is 0 Å². The van der Waals surface area contributed by atoms with Crippen LogP contribution < -0.4 is 10.1 Å². The highest BCUT2D eigenvalue weighted by Gasteiger charge is 2.07. The van der Waals surface area contributed by atoms with E-state index in [0.29, 0.717) is 17.5 Å². The second-order valence-corrected chi connectivity index (χ2v) is 5.08. The van der Waals surface area contributed by atoms with Crippen molar-refractivity contribution in [2.24, 2.45) is 5.92 Å². The molecular weight excluding hydrogens is 269 g/mol. The van der Waals surface area contributed by atoms with Crippen LogP contribution in [0.15, 0.2) is 29.8 Å². The normalized spacial score (nSPS) is 11.4. The van der Waals surface area contributed by atoms with E-state index in [2.05, 4.69) is 19.2 Å². The van der Waals surface area contributed by atoms with E-state index in [4.69, 9.17) is 27.9 Å². The van der Waals surface area contributed by atoms with E-state index < -0.39 is 0 Å². The minimum Gasteiger partial charge on any atom is -0.488 e. The Labute approximate surface area is 119 Å². The first-order valence-corrected chi connectivity index (χ1v) is 6.82. The van der Waals surface area contributed by atoms with Gasteiger partial charge in [0.25, 0.3) is 0 Å². The van der Waals surface area contributed by atoms with Crippen LogP contribution in [0.3, 0.4) is 0 Å². The number of nitrogens with one attached hydrogen (secondary N) is 1. The number of para-hydroxylation sites is 1. The van der Waals surface area contributed by atoms with Crippen LogP contribution in [0.4, 0.5) is 0 Å². The van der Waals surface area contributed by atoms with Crippen LogP contribution in [0, 0.1) is 5.92 Å². The fourth-order valence-corrected chi connectivity index (χ4v) is 1.84. The molecule has 0 aromatic heterocycles. The Morgan fingerprint density at radius 3 is 2.83 bits per heavy atom. The van der Waals surface area contributed by atoms with Gasteiger partial charge in [0.2, 0.25) is 0 Å². The van der Waals surface area contributed by atoms with E-state index >= 15 is 0 Å². The number of hydrogen-bond acceptors (Lipinski definition) is 2. The topological polar surface area (TPSA) is 21.3 Å². The molecule has 0 saturated carbocycles. The first kappa shape index (κ1) is 15.4. The lowest BCUT2D eigenvalue weighted by Gasteiger charge is -2.13. The molecule has 1 rings (SSSR count). The summed E-state index contributed by atoms with van der Waals surface area (Å²) in [6.07, 6.45) is 1.73. The lowest BCUT2D eigenvalue weighted by atomic mass is 10.2. The maximum atomic E-state index is 6.14. The average molecular weight is 288 g/mol. The van der Waals surface area contributed by atoms with E-state index in [1.165, 1.54) is 5.54 Å². The van der Waals surface area contributed by atoms with Gasteiger partial charge in [-0.05, 0) is 24.6 Å². The van der Waals surface area contributed by atoms with E-state index in [-0.39, 0.29) is 0 Å². The van der Waals surface area contributed by atoms with Gasteiger partial charge in [-0.3, -0.25) is 0 Å². The van der Waals surface area contributed by atoms with Crippen LogP contribution in [-0.4, -0.2) is 13.2 Å². The number of ether oxygens (including phenoxy) is 1. The first-order chi connectivity index (χ1) is 8.65. The van der Waals surface area contributed by atoms with E-state index in [0.717, 1.165) is 24.4 Å². The summed E-state index contributed by atoms with van der Waals surface area (Å²) >= 11 is 11.6. The molecule has 0 aliphatic heterocycles. The average Bonchev–Trinajstić information content (AvgIpc) is 2.32. The molecule has 0 bridgehead atoms. The Morgan fingerprint density at radius 2 is 2.17 bits per heavy atom. The van der Waals surface area contributed by atoms with Crippen molar-refractivity contribution in [1.82, 2.24) is 5.32 Å². The molecule has 2 nitrogen and oxygen atoms in total. The Hall–Kier alpha value is -0.700. The van der Waals surface area contributed by atoms with Crippen molar-refractivity contribution in [2.45, 2.75) is 20.4 Å². The number of halogens is 2. The van der Waals surface area contributed by atoms with Gasteiger partial charge >= 0.3 is 0 Å². The van der Waals surface area contributed by atoms with Crippen LogP contribution in [-0.2, 0) is 6.54 Å². The summed E-state index contributed by atoms with van der Waals surface area (Å²) < 4.78 is 5.62. The molecule has 0 atom stereocenters. The molecule has 4 heteroatoms. The first-order valence-electron chi connectivity index (χ1n) is 6.01. The molecule has 1 aromatic carbocycles. The van der Waals surface area contributed by atoms with Crippen LogP contribution in [0.2, 0.25) is 5.02 Å². The monoisotopic (exact) mass is 287 g/mol. The second-order valence-electron chi connectivity index (χ2n) is 4.43. The molecule has 0 unspecified atom stereocenters. The molecule has 1 aromatic rings. The lowest BCUT2D eigenvalue weighted by molar-refractivity contribution is 0.357. The van der Waals surface area contributed by atoms with Crippen molar-refractivity contribution in [3.63, 3.8) is 0 Å². The molecule has 18 heavy (non-hydrogen) atoms. The van der Waals surface area contributed by atoms with Crippen molar-refractivity contribution in [3.8, 4) is 5.75 Å². The van der Waals surface area contributed by atoms with Gasteiger partial charge in [-0.25, -0.2) is 0 Å². The van der Waals surface area contributed by atoms with Crippen molar-refractivity contribution < 1.29 is 4.74 Å². The maximum absolute atomic E-state index is 6.14. The van der Waals surface area contributed by atoms with Gasteiger partial charge in [0.15, 0.2) is 0 Å². The van der Waals surface area contributed by atoms with Crippen LogP contribution in [0.5, 0.6) is 5.75 Å². The van der Waals surface area contributed by atoms with Crippen LogP contribution in [0.25, 0.3) is 0 Å². The second kappa shape index (κ2) is 8.41. The highest BCUT2D eigenvalue weighted by molar-refractivity contribution is 6.32. The van der Waals surface area contributed by atoms with Crippen molar-refractivity contribution >= 4 is 23.2 Å². The van der Waals surface area contributed by atoms with Crippen LogP contribution >= 0.6 is 23.2 Å². The lowest BCUT2D eigenvalue weighted by Crippen LogP contribution is -2.19. The van der Waals surface area contributed by atoms with Crippen molar-refractivity contribution in [3.05, 3.63) is 40.4 Å². The predicted molar refractivity (Wildman–Crippen MR) is 78.5 cm³/mol. The molecule has 100 valence electrons. The van der Waals surface area contributed by atoms with Gasteiger partial charge < -0.3 is 10.1 Å². The molecule has 0 aliphatic rings.